The molecule has 0 amide bonds. The summed E-state index contributed by atoms with van der Waals surface area (Å²) in [6, 6.07) is 0. The van der Waals surface area contributed by atoms with Crippen LogP contribution in [0.4, 0.5) is 0 Å². The number of carbonyl (C=O) groups is 2. The van der Waals surface area contributed by atoms with Crippen LogP contribution in [-0.4, -0.2) is 22.2 Å². The molecule has 0 saturated heterocycles. The van der Waals surface area contributed by atoms with Crippen molar-refractivity contribution in [1.29, 1.82) is 0 Å². The van der Waals surface area contributed by atoms with E-state index in [0.717, 1.165) is 6.08 Å². The first-order valence-electron chi connectivity index (χ1n) is 3.26. The highest BCUT2D eigenvalue weighted by Gasteiger charge is 1.99. The van der Waals surface area contributed by atoms with Gasteiger partial charge >= 0.3 is 11.9 Å². The summed E-state index contributed by atoms with van der Waals surface area (Å²) in [4.78, 5) is 20.4. The van der Waals surface area contributed by atoms with E-state index in [1.807, 2.05) is 0 Å². The maximum atomic E-state index is 10.3. The van der Waals surface area contributed by atoms with Crippen molar-refractivity contribution in [2.75, 3.05) is 0 Å². The van der Waals surface area contributed by atoms with Crippen LogP contribution in [0.25, 0.3) is 0 Å². The van der Waals surface area contributed by atoms with E-state index in [1.165, 1.54) is 19.9 Å². The zero-order valence-electron chi connectivity index (χ0n) is 6.87. The van der Waals surface area contributed by atoms with Gasteiger partial charge in [0.05, 0.1) is 0 Å². The molecule has 0 unspecified atom stereocenters. The largest absolute Gasteiger partial charge is 0.478 e. The fourth-order valence-corrected chi connectivity index (χ4v) is 0.640. The van der Waals surface area contributed by atoms with Crippen LogP contribution < -0.4 is 0 Å². The Kier molecular flexibility index (Phi) is 3.76. The summed E-state index contributed by atoms with van der Waals surface area (Å²) in [5.74, 6) is -2.13. The van der Waals surface area contributed by atoms with Crippen LogP contribution in [0.5, 0.6) is 0 Å². The molecule has 0 saturated carbocycles. The van der Waals surface area contributed by atoms with Gasteiger partial charge in [-0.3, -0.25) is 0 Å². The summed E-state index contributed by atoms with van der Waals surface area (Å²) in [6.45, 7) is 2.93. The summed E-state index contributed by atoms with van der Waals surface area (Å²) in [7, 11) is 0. The van der Waals surface area contributed by atoms with Gasteiger partial charge in [0.1, 0.15) is 0 Å². The Morgan fingerprint density at radius 2 is 1.58 bits per heavy atom. The molecule has 0 radical (unpaired) electrons. The highest BCUT2D eigenvalue weighted by atomic mass is 16.4. The smallest absolute Gasteiger partial charge is 0.331 e. The van der Waals surface area contributed by atoms with Crippen molar-refractivity contribution in [2.24, 2.45) is 0 Å². The molecular weight excluding hydrogens is 160 g/mol. The molecule has 66 valence electrons. The molecule has 0 atom stereocenters. The zero-order valence-corrected chi connectivity index (χ0v) is 6.87. The number of hydrogen-bond donors (Lipinski definition) is 2. The normalized spacial score (nSPS) is 12.8. The van der Waals surface area contributed by atoms with E-state index in [4.69, 9.17) is 10.2 Å². The maximum Gasteiger partial charge on any atom is 0.331 e. The van der Waals surface area contributed by atoms with Crippen LogP contribution in [0.1, 0.15) is 13.8 Å². The van der Waals surface area contributed by atoms with Crippen molar-refractivity contribution in [3.8, 4) is 0 Å². The van der Waals surface area contributed by atoms with Crippen molar-refractivity contribution in [3.63, 3.8) is 0 Å². The van der Waals surface area contributed by atoms with Gasteiger partial charge in [-0.25, -0.2) is 9.59 Å². The third kappa shape index (κ3) is 4.27. The summed E-state index contributed by atoms with van der Waals surface area (Å²) in [5.41, 5.74) is 0.521. The molecule has 0 aromatic carbocycles. The highest BCUT2D eigenvalue weighted by molar-refractivity contribution is 5.87. The lowest BCUT2D eigenvalue weighted by atomic mass is 10.2. The van der Waals surface area contributed by atoms with Gasteiger partial charge in [0.2, 0.25) is 0 Å². The van der Waals surface area contributed by atoms with Crippen molar-refractivity contribution >= 4 is 11.9 Å². The predicted octanol–water partition coefficient (Wildman–Crippen LogP) is 1.05. The van der Waals surface area contributed by atoms with Crippen molar-refractivity contribution in [3.05, 3.63) is 23.3 Å². The van der Waals surface area contributed by atoms with E-state index in [-0.39, 0.29) is 5.57 Å². The molecule has 4 nitrogen and oxygen atoms in total. The second-order valence-electron chi connectivity index (χ2n) is 2.36. The summed E-state index contributed by atoms with van der Waals surface area (Å²) < 4.78 is 0. The molecule has 0 aliphatic carbocycles. The van der Waals surface area contributed by atoms with E-state index in [2.05, 4.69) is 0 Å². The number of carboxylic acids is 2. The molecule has 12 heavy (non-hydrogen) atoms. The fraction of sp³-hybridized carbons (Fsp3) is 0.250. The van der Waals surface area contributed by atoms with Crippen LogP contribution in [-0.2, 0) is 9.59 Å². The minimum absolute atomic E-state index is 0.116. The summed E-state index contributed by atoms with van der Waals surface area (Å²) in [5, 5.41) is 16.7. The molecule has 0 aliphatic rings. The first-order valence-corrected chi connectivity index (χ1v) is 3.26. The Morgan fingerprint density at radius 1 is 1.08 bits per heavy atom. The Bertz CT molecular complexity index is 260. The maximum absolute atomic E-state index is 10.3. The second kappa shape index (κ2) is 4.33. The SMILES string of the molecule is CC(=CC(=O)O)C=C(C)C(=O)O. The number of rotatable bonds is 3. The van der Waals surface area contributed by atoms with Gasteiger partial charge in [0.25, 0.3) is 0 Å². The predicted molar refractivity (Wildman–Crippen MR) is 42.8 cm³/mol. The third-order valence-electron chi connectivity index (χ3n) is 1.13. The quantitative estimate of drug-likeness (QED) is 0.490. The van der Waals surface area contributed by atoms with Crippen LogP contribution in [0.15, 0.2) is 23.3 Å². The lowest BCUT2D eigenvalue weighted by molar-refractivity contribution is -0.133. The molecule has 0 fully saturated rings. The van der Waals surface area contributed by atoms with Gasteiger partial charge in [0, 0.05) is 11.6 Å². The average molecular weight is 170 g/mol. The molecule has 0 bridgehead atoms. The minimum Gasteiger partial charge on any atom is -0.478 e. The number of aliphatic carboxylic acids is 2. The van der Waals surface area contributed by atoms with E-state index < -0.39 is 11.9 Å². The number of carboxylic acid groups (broad SMARTS) is 2. The Morgan fingerprint density at radius 3 is 1.92 bits per heavy atom. The van der Waals surface area contributed by atoms with Gasteiger partial charge in [0.15, 0.2) is 0 Å². The average Bonchev–Trinajstić information content (AvgIpc) is 1.84. The Labute approximate surface area is 69.8 Å². The van der Waals surface area contributed by atoms with Gasteiger partial charge in [-0.1, -0.05) is 0 Å². The molecule has 2 N–H and O–H groups in total. The zero-order chi connectivity index (χ0) is 9.72. The number of allylic oxidation sites excluding steroid dienone is 2. The summed E-state index contributed by atoms with van der Waals surface area (Å²) >= 11 is 0. The molecule has 0 rings (SSSR count). The van der Waals surface area contributed by atoms with Crippen molar-refractivity contribution in [2.45, 2.75) is 13.8 Å². The minimum atomic E-state index is -1.08. The van der Waals surface area contributed by atoms with Crippen molar-refractivity contribution < 1.29 is 19.8 Å². The third-order valence-corrected chi connectivity index (χ3v) is 1.13. The summed E-state index contributed by atoms with van der Waals surface area (Å²) in [6.07, 6.45) is 2.25. The first kappa shape index (κ1) is 10.4. The lowest BCUT2D eigenvalue weighted by Crippen LogP contribution is -1.96. The van der Waals surface area contributed by atoms with Gasteiger partial charge < -0.3 is 10.2 Å². The monoisotopic (exact) mass is 170 g/mol. The molecule has 4 heteroatoms. The topological polar surface area (TPSA) is 74.6 Å². The second-order valence-corrected chi connectivity index (χ2v) is 2.36. The lowest BCUT2D eigenvalue weighted by Gasteiger charge is -1.92. The molecule has 0 aromatic heterocycles. The van der Waals surface area contributed by atoms with Crippen LogP contribution in [0.3, 0.4) is 0 Å². The molecular formula is C8H10O4. The van der Waals surface area contributed by atoms with E-state index in [9.17, 15) is 9.59 Å². The Balaban J connectivity index is 4.54. The molecule has 0 aliphatic heterocycles. The molecule has 0 heterocycles. The fourth-order valence-electron chi connectivity index (χ4n) is 0.640. The van der Waals surface area contributed by atoms with Crippen LogP contribution >= 0.6 is 0 Å². The van der Waals surface area contributed by atoms with Gasteiger partial charge in [-0.2, -0.15) is 0 Å². The Hall–Kier alpha value is -1.58. The van der Waals surface area contributed by atoms with Gasteiger partial charge in [-0.15, -0.1) is 0 Å². The molecule has 0 spiro atoms. The first-order chi connectivity index (χ1) is 5.43. The van der Waals surface area contributed by atoms with E-state index in [0.29, 0.717) is 5.57 Å². The van der Waals surface area contributed by atoms with E-state index in [1.54, 1.807) is 0 Å². The highest BCUT2D eigenvalue weighted by Crippen LogP contribution is 2.01. The number of hydrogen-bond acceptors (Lipinski definition) is 2. The van der Waals surface area contributed by atoms with Crippen LogP contribution in [0.2, 0.25) is 0 Å². The standard InChI is InChI=1S/C8H10O4/c1-5(4-7(9)10)3-6(2)8(11)12/h3-4H,1-2H3,(H,9,10)(H,11,12). The molecule has 0 aromatic rings. The van der Waals surface area contributed by atoms with Gasteiger partial charge in [-0.05, 0) is 25.5 Å². The van der Waals surface area contributed by atoms with E-state index >= 15 is 0 Å². The van der Waals surface area contributed by atoms with Crippen molar-refractivity contribution in [1.82, 2.24) is 0 Å². The van der Waals surface area contributed by atoms with Crippen LogP contribution in [0, 0.1) is 0 Å².